The number of benzene rings is 1. The summed E-state index contributed by atoms with van der Waals surface area (Å²) < 4.78 is 2.51. The van der Waals surface area contributed by atoms with E-state index in [1.54, 1.807) is 11.3 Å². The van der Waals surface area contributed by atoms with E-state index in [4.69, 9.17) is 0 Å². The van der Waals surface area contributed by atoms with Crippen molar-refractivity contribution >= 4 is 10.9 Å². The Kier molecular flexibility index (Phi) is 19.5. The quantitative estimate of drug-likeness (QED) is 0.476. The summed E-state index contributed by atoms with van der Waals surface area (Å²) in [5, 5.41) is 1.48. The molecule has 0 fully saturated rings. The summed E-state index contributed by atoms with van der Waals surface area (Å²) in [6.45, 7) is 28.1. The Labute approximate surface area is 166 Å². The molecule has 0 radical (unpaired) electrons. The Morgan fingerprint density at radius 2 is 1.27 bits per heavy atom. The van der Waals surface area contributed by atoms with E-state index in [1.807, 2.05) is 69.2 Å². The van der Waals surface area contributed by atoms with Crippen LogP contribution in [-0.4, -0.2) is 4.57 Å². The van der Waals surface area contributed by atoms with Gasteiger partial charge in [0.1, 0.15) is 0 Å². The van der Waals surface area contributed by atoms with Crippen LogP contribution < -0.4 is 0 Å². The molecule has 1 aliphatic carbocycles. The van der Waals surface area contributed by atoms with Crippen molar-refractivity contribution in [1.82, 2.24) is 4.57 Å². The smallest absolute Gasteiger partial charge is 0.0485 e. The van der Waals surface area contributed by atoms with Crippen molar-refractivity contribution in [3.05, 3.63) is 35.5 Å². The van der Waals surface area contributed by atoms with Crippen LogP contribution in [0.3, 0.4) is 0 Å². The van der Waals surface area contributed by atoms with Crippen molar-refractivity contribution in [2.75, 3.05) is 0 Å². The molecule has 0 bridgehead atoms. The molecular formula is C25H49N. The molecule has 0 atom stereocenters. The SMILES string of the molecule is CC.CC.CC.CC.CC.CCn1c2c(c3ccccc31)CCC2(C)C. The molecule has 0 aliphatic heterocycles. The first kappa shape index (κ1) is 29.5. The zero-order valence-electron chi connectivity index (χ0n) is 20.4. The van der Waals surface area contributed by atoms with Gasteiger partial charge in [0.2, 0.25) is 0 Å². The van der Waals surface area contributed by atoms with Gasteiger partial charge in [-0.1, -0.05) is 101 Å². The molecule has 2 aromatic rings. The number of aryl methyl sites for hydroxylation is 2. The highest BCUT2D eigenvalue weighted by Gasteiger charge is 2.34. The maximum absolute atomic E-state index is 2.51. The minimum atomic E-state index is 0.352. The first-order chi connectivity index (χ1) is 12.6. The lowest BCUT2D eigenvalue weighted by Crippen LogP contribution is -2.17. The summed E-state index contributed by atoms with van der Waals surface area (Å²) in [7, 11) is 0. The van der Waals surface area contributed by atoms with E-state index in [0.29, 0.717) is 5.41 Å². The zero-order chi connectivity index (χ0) is 21.3. The van der Waals surface area contributed by atoms with Crippen molar-refractivity contribution < 1.29 is 0 Å². The molecule has 1 heterocycles. The highest BCUT2D eigenvalue weighted by atomic mass is 15.0. The summed E-state index contributed by atoms with van der Waals surface area (Å²) in [6.07, 6.45) is 2.54. The second-order valence-electron chi connectivity index (χ2n) is 5.47. The number of hydrogen-bond donors (Lipinski definition) is 0. The molecule has 26 heavy (non-hydrogen) atoms. The molecule has 0 N–H and O–H groups in total. The van der Waals surface area contributed by atoms with E-state index < -0.39 is 0 Å². The lowest BCUT2D eigenvalue weighted by atomic mass is 9.90. The van der Waals surface area contributed by atoms with E-state index in [1.165, 1.54) is 23.7 Å². The van der Waals surface area contributed by atoms with E-state index in [-0.39, 0.29) is 0 Å². The van der Waals surface area contributed by atoms with Gasteiger partial charge in [0, 0.05) is 28.6 Å². The molecule has 0 saturated carbocycles. The zero-order valence-corrected chi connectivity index (χ0v) is 20.4. The van der Waals surface area contributed by atoms with Gasteiger partial charge < -0.3 is 4.57 Å². The number of fused-ring (bicyclic) bond motifs is 3. The highest BCUT2D eigenvalue weighted by molar-refractivity contribution is 5.86. The molecule has 0 unspecified atom stereocenters. The third kappa shape index (κ3) is 6.82. The summed E-state index contributed by atoms with van der Waals surface area (Å²) in [4.78, 5) is 0. The second kappa shape index (κ2) is 17.2. The van der Waals surface area contributed by atoms with Crippen LogP contribution in [0.2, 0.25) is 0 Å². The van der Waals surface area contributed by atoms with Crippen molar-refractivity contribution in [3.8, 4) is 0 Å². The molecule has 1 aliphatic rings. The fraction of sp³-hybridized carbons (Fsp3) is 0.680. The van der Waals surface area contributed by atoms with Gasteiger partial charge in [-0.3, -0.25) is 0 Å². The van der Waals surface area contributed by atoms with Crippen molar-refractivity contribution in [1.29, 1.82) is 0 Å². The van der Waals surface area contributed by atoms with Crippen LogP contribution in [0.15, 0.2) is 24.3 Å². The summed E-state index contributed by atoms with van der Waals surface area (Å²) in [5.74, 6) is 0. The predicted molar refractivity (Wildman–Crippen MR) is 126 cm³/mol. The lowest BCUT2D eigenvalue weighted by Gasteiger charge is -2.21. The van der Waals surface area contributed by atoms with Gasteiger partial charge in [0.05, 0.1) is 0 Å². The first-order valence-corrected chi connectivity index (χ1v) is 11.3. The maximum atomic E-state index is 2.51. The van der Waals surface area contributed by atoms with Crippen LogP contribution in [0.25, 0.3) is 10.9 Å². The molecule has 1 aromatic heterocycles. The molecule has 0 amide bonds. The standard InChI is InChI=1S/C15H19N.5C2H6/c1-4-16-13-8-6-5-7-11(13)12-9-10-15(2,3)14(12)16;5*1-2/h5-8H,4,9-10H2,1-3H3;5*1-2H3. The molecule has 1 heteroatoms. The van der Waals surface area contributed by atoms with Crippen molar-refractivity contribution in [3.63, 3.8) is 0 Å². The Hall–Kier alpha value is -1.24. The molecule has 0 spiro atoms. The van der Waals surface area contributed by atoms with Gasteiger partial charge in [-0.25, -0.2) is 0 Å². The molecule has 1 nitrogen and oxygen atoms in total. The average molecular weight is 364 g/mol. The van der Waals surface area contributed by atoms with Crippen molar-refractivity contribution in [2.45, 2.75) is 115 Å². The van der Waals surface area contributed by atoms with Crippen LogP contribution in [0.5, 0.6) is 0 Å². The Balaban J connectivity index is -0.000000462. The fourth-order valence-corrected chi connectivity index (χ4v) is 3.29. The predicted octanol–water partition coefficient (Wildman–Crippen LogP) is 9.02. The van der Waals surface area contributed by atoms with Crippen LogP contribution in [0.4, 0.5) is 0 Å². The van der Waals surface area contributed by atoms with Gasteiger partial charge in [-0.05, 0) is 31.4 Å². The fourth-order valence-electron chi connectivity index (χ4n) is 3.29. The van der Waals surface area contributed by atoms with Crippen molar-refractivity contribution in [2.24, 2.45) is 0 Å². The number of hydrogen-bond acceptors (Lipinski definition) is 0. The van der Waals surface area contributed by atoms with E-state index >= 15 is 0 Å². The number of rotatable bonds is 1. The van der Waals surface area contributed by atoms with Gasteiger partial charge in [0.15, 0.2) is 0 Å². The number of para-hydroxylation sites is 1. The molecular weight excluding hydrogens is 314 g/mol. The van der Waals surface area contributed by atoms with E-state index in [0.717, 1.165) is 6.54 Å². The minimum Gasteiger partial charge on any atom is -0.344 e. The summed E-state index contributed by atoms with van der Waals surface area (Å²) in [5.41, 5.74) is 4.95. The highest BCUT2D eigenvalue weighted by Crippen LogP contribution is 2.43. The number of aromatic nitrogens is 1. The molecule has 0 saturated heterocycles. The largest absolute Gasteiger partial charge is 0.344 e. The first-order valence-electron chi connectivity index (χ1n) is 11.3. The Morgan fingerprint density at radius 1 is 0.808 bits per heavy atom. The van der Waals surface area contributed by atoms with E-state index in [9.17, 15) is 0 Å². The second-order valence-corrected chi connectivity index (χ2v) is 5.47. The van der Waals surface area contributed by atoms with Crippen LogP contribution in [-0.2, 0) is 18.4 Å². The summed E-state index contributed by atoms with van der Waals surface area (Å²) >= 11 is 0. The third-order valence-electron chi connectivity index (χ3n) is 4.03. The Morgan fingerprint density at radius 3 is 1.73 bits per heavy atom. The molecule has 3 rings (SSSR count). The van der Waals surface area contributed by atoms with Gasteiger partial charge >= 0.3 is 0 Å². The topological polar surface area (TPSA) is 4.93 Å². The molecule has 1 aromatic carbocycles. The number of nitrogens with zero attached hydrogens (tertiary/aromatic N) is 1. The van der Waals surface area contributed by atoms with Gasteiger partial charge in [0.25, 0.3) is 0 Å². The van der Waals surface area contributed by atoms with Gasteiger partial charge in [-0.15, -0.1) is 0 Å². The Bertz CT molecular complexity index is 532. The molecule has 154 valence electrons. The average Bonchev–Trinajstić information content (AvgIpc) is 3.24. The summed E-state index contributed by atoms with van der Waals surface area (Å²) in [6, 6.07) is 8.85. The monoisotopic (exact) mass is 363 g/mol. The normalized spacial score (nSPS) is 12.2. The van der Waals surface area contributed by atoms with Crippen LogP contribution in [0, 0.1) is 0 Å². The minimum absolute atomic E-state index is 0.352. The third-order valence-corrected chi connectivity index (χ3v) is 4.03. The van der Waals surface area contributed by atoms with E-state index in [2.05, 4.69) is 49.6 Å². The van der Waals surface area contributed by atoms with Crippen LogP contribution >= 0.6 is 0 Å². The van der Waals surface area contributed by atoms with Crippen LogP contribution in [0.1, 0.15) is 108 Å². The lowest BCUT2D eigenvalue weighted by molar-refractivity contribution is 0.485. The van der Waals surface area contributed by atoms with Gasteiger partial charge in [-0.2, -0.15) is 0 Å². The maximum Gasteiger partial charge on any atom is 0.0485 e.